The van der Waals surface area contributed by atoms with Gasteiger partial charge in [0, 0.05) is 54.3 Å². The molecule has 1 aromatic carbocycles. The minimum absolute atomic E-state index is 0.163. The van der Waals surface area contributed by atoms with Crippen LogP contribution in [0.3, 0.4) is 0 Å². The van der Waals surface area contributed by atoms with E-state index in [1.807, 2.05) is 36.5 Å². The summed E-state index contributed by atoms with van der Waals surface area (Å²) >= 11 is 0. The maximum absolute atomic E-state index is 12.5. The highest BCUT2D eigenvalue weighted by Crippen LogP contribution is 2.39. The Kier molecular flexibility index (Phi) is 5.48. The molecule has 1 aliphatic rings. The zero-order valence-corrected chi connectivity index (χ0v) is 17.2. The summed E-state index contributed by atoms with van der Waals surface area (Å²) in [5.41, 5.74) is 5.31. The molecule has 160 valence electrons. The van der Waals surface area contributed by atoms with Crippen LogP contribution in [0.15, 0.2) is 71.8 Å². The van der Waals surface area contributed by atoms with Crippen LogP contribution < -0.4 is 15.4 Å². The maximum Gasteiger partial charge on any atom is 0.251 e. The van der Waals surface area contributed by atoms with Gasteiger partial charge in [-0.2, -0.15) is 0 Å². The first-order valence-corrected chi connectivity index (χ1v) is 10.3. The second-order valence-electron chi connectivity index (χ2n) is 7.39. The van der Waals surface area contributed by atoms with Crippen molar-refractivity contribution in [1.82, 2.24) is 20.4 Å². The molecule has 5 rings (SSSR count). The molecule has 0 fully saturated rings. The second-order valence-corrected chi connectivity index (χ2v) is 7.39. The number of carbonyl (C=O) groups excluding carboxylic acids is 1. The Hall–Kier alpha value is -4.20. The summed E-state index contributed by atoms with van der Waals surface area (Å²) in [5, 5.41) is 10.0. The number of ether oxygens (including phenoxy) is 1. The highest BCUT2D eigenvalue weighted by molar-refractivity contribution is 5.94. The quantitative estimate of drug-likeness (QED) is 0.464. The van der Waals surface area contributed by atoms with Crippen molar-refractivity contribution in [2.24, 2.45) is 0 Å². The Balaban J connectivity index is 1.28. The molecule has 4 heterocycles. The van der Waals surface area contributed by atoms with Gasteiger partial charge in [-0.25, -0.2) is 4.98 Å². The molecule has 1 aliphatic heterocycles. The summed E-state index contributed by atoms with van der Waals surface area (Å²) in [6.45, 7) is 1.49. The first-order chi connectivity index (χ1) is 15.8. The van der Waals surface area contributed by atoms with Crippen molar-refractivity contribution in [2.45, 2.75) is 19.5 Å². The van der Waals surface area contributed by atoms with Crippen molar-refractivity contribution in [2.75, 3.05) is 11.9 Å². The fourth-order valence-corrected chi connectivity index (χ4v) is 3.69. The van der Waals surface area contributed by atoms with Gasteiger partial charge in [0.2, 0.25) is 0 Å². The molecule has 8 heteroatoms. The van der Waals surface area contributed by atoms with Gasteiger partial charge in [-0.3, -0.25) is 9.78 Å². The van der Waals surface area contributed by atoms with Gasteiger partial charge in [0.05, 0.1) is 13.2 Å². The maximum atomic E-state index is 12.5. The number of amides is 1. The SMILES string of the molecule is O=C(NCc1ccon1)c1cccc(CNc2ncc(-c3ccncc3)c3c2CCO3)c1. The zero-order chi connectivity index (χ0) is 21.8. The number of anilines is 1. The van der Waals surface area contributed by atoms with E-state index in [2.05, 4.69) is 25.8 Å². The van der Waals surface area contributed by atoms with Crippen LogP contribution in [0.25, 0.3) is 11.1 Å². The topological polar surface area (TPSA) is 102 Å². The molecule has 8 nitrogen and oxygen atoms in total. The normalized spacial score (nSPS) is 12.1. The van der Waals surface area contributed by atoms with Crippen molar-refractivity contribution in [3.63, 3.8) is 0 Å². The van der Waals surface area contributed by atoms with E-state index in [0.29, 0.717) is 31.0 Å². The van der Waals surface area contributed by atoms with E-state index in [0.717, 1.165) is 40.2 Å². The number of benzene rings is 1. The van der Waals surface area contributed by atoms with Crippen molar-refractivity contribution < 1.29 is 14.1 Å². The van der Waals surface area contributed by atoms with Crippen LogP contribution >= 0.6 is 0 Å². The highest BCUT2D eigenvalue weighted by atomic mass is 16.5. The number of fused-ring (bicyclic) bond motifs is 1. The van der Waals surface area contributed by atoms with E-state index >= 15 is 0 Å². The number of pyridine rings is 2. The number of hydrogen-bond donors (Lipinski definition) is 2. The van der Waals surface area contributed by atoms with Crippen LogP contribution in [0.2, 0.25) is 0 Å². The number of nitrogens with zero attached hydrogens (tertiary/aromatic N) is 3. The minimum atomic E-state index is -0.163. The average molecular weight is 427 g/mol. The van der Waals surface area contributed by atoms with Crippen LogP contribution in [0, 0.1) is 0 Å². The summed E-state index contributed by atoms with van der Waals surface area (Å²) in [7, 11) is 0. The zero-order valence-electron chi connectivity index (χ0n) is 17.2. The van der Waals surface area contributed by atoms with Gasteiger partial charge in [-0.15, -0.1) is 0 Å². The molecule has 0 atom stereocenters. The molecule has 0 saturated heterocycles. The fraction of sp³-hybridized carbons (Fsp3) is 0.167. The van der Waals surface area contributed by atoms with Crippen LogP contribution in [-0.4, -0.2) is 27.6 Å². The van der Waals surface area contributed by atoms with Crippen LogP contribution in [0.4, 0.5) is 5.82 Å². The molecular weight excluding hydrogens is 406 g/mol. The number of carbonyl (C=O) groups is 1. The van der Waals surface area contributed by atoms with Gasteiger partial charge in [0.25, 0.3) is 5.91 Å². The number of aromatic nitrogens is 3. The first-order valence-electron chi connectivity index (χ1n) is 10.3. The lowest BCUT2D eigenvalue weighted by Crippen LogP contribution is -2.23. The van der Waals surface area contributed by atoms with E-state index in [9.17, 15) is 4.79 Å². The van der Waals surface area contributed by atoms with Crippen molar-refractivity contribution in [3.8, 4) is 16.9 Å². The van der Waals surface area contributed by atoms with Crippen molar-refractivity contribution >= 4 is 11.7 Å². The summed E-state index contributed by atoms with van der Waals surface area (Å²) in [4.78, 5) is 21.2. The van der Waals surface area contributed by atoms with Gasteiger partial charge in [0.15, 0.2) is 0 Å². The lowest BCUT2D eigenvalue weighted by atomic mass is 10.0. The molecule has 0 saturated carbocycles. The molecule has 0 radical (unpaired) electrons. The standard InChI is InChI=1S/C24H21N5O3/c30-24(28-14-19-6-11-32-29-19)18-3-1-2-16(12-18)13-26-23-20-7-10-31-22(20)21(15-27-23)17-4-8-25-9-5-17/h1-6,8-9,11-12,15H,7,10,13-14H2,(H,26,27)(H,28,30). The molecule has 2 N–H and O–H groups in total. The molecule has 32 heavy (non-hydrogen) atoms. The second kappa shape index (κ2) is 8.89. The van der Waals surface area contributed by atoms with E-state index in [4.69, 9.17) is 9.26 Å². The van der Waals surface area contributed by atoms with Gasteiger partial charge >= 0.3 is 0 Å². The lowest BCUT2D eigenvalue weighted by molar-refractivity contribution is 0.0950. The van der Waals surface area contributed by atoms with E-state index in [-0.39, 0.29) is 5.91 Å². The molecule has 4 aromatic rings. The predicted molar refractivity (Wildman–Crippen MR) is 118 cm³/mol. The molecule has 1 amide bonds. The molecule has 0 aliphatic carbocycles. The summed E-state index contributed by atoms with van der Waals surface area (Å²) in [6, 6.07) is 13.1. The Morgan fingerprint density at radius 2 is 2.00 bits per heavy atom. The van der Waals surface area contributed by atoms with E-state index in [1.54, 1.807) is 24.5 Å². The number of rotatable bonds is 7. The number of hydrogen-bond acceptors (Lipinski definition) is 7. The summed E-state index contributed by atoms with van der Waals surface area (Å²) < 4.78 is 10.7. The Bertz CT molecular complexity index is 1230. The Labute approximate surface area is 184 Å². The fourth-order valence-electron chi connectivity index (χ4n) is 3.69. The first kappa shape index (κ1) is 19.7. The van der Waals surface area contributed by atoms with E-state index in [1.165, 1.54) is 6.26 Å². The van der Waals surface area contributed by atoms with Crippen LogP contribution in [0.1, 0.15) is 27.2 Å². The Morgan fingerprint density at radius 3 is 2.84 bits per heavy atom. The molecule has 0 spiro atoms. The Morgan fingerprint density at radius 1 is 1.09 bits per heavy atom. The highest BCUT2D eigenvalue weighted by Gasteiger charge is 2.22. The van der Waals surface area contributed by atoms with E-state index < -0.39 is 0 Å². The number of nitrogens with one attached hydrogen (secondary N) is 2. The molecule has 0 unspecified atom stereocenters. The van der Waals surface area contributed by atoms with Gasteiger partial charge in [-0.05, 0) is 35.4 Å². The third-order valence-electron chi connectivity index (χ3n) is 5.29. The van der Waals surface area contributed by atoms with Crippen LogP contribution in [0.5, 0.6) is 5.75 Å². The summed E-state index contributed by atoms with van der Waals surface area (Å²) in [5.74, 6) is 1.51. The summed E-state index contributed by atoms with van der Waals surface area (Å²) in [6.07, 6.45) is 7.63. The average Bonchev–Trinajstić information content (AvgIpc) is 3.54. The molecule has 3 aromatic heterocycles. The molecule has 0 bridgehead atoms. The third-order valence-corrected chi connectivity index (χ3v) is 5.29. The predicted octanol–water partition coefficient (Wildman–Crippen LogP) is 3.61. The largest absolute Gasteiger partial charge is 0.492 e. The van der Waals surface area contributed by atoms with Crippen molar-refractivity contribution in [3.05, 3.63) is 89.7 Å². The monoisotopic (exact) mass is 427 g/mol. The van der Waals surface area contributed by atoms with Crippen molar-refractivity contribution in [1.29, 1.82) is 0 Å². The smallest absolute Gasteiger partial charge is 0.251 e. The van der Waals surface area contributed by atoms with Gasteiger partial charge in [-0.1, -0.05) is 17.3 Å². The van der Waals surface area contributed by atoms with Gasteiger partial charge < -0.3 is 19.9 Å². The van der Waals surface area contributed by atoms with Crippen LogP contribution in [-0.2, 0) is 19.5 Å². The molecular formula is C24H21N5O3. The lowest BCUT2D eigenvalue weighted by Gasteiger charge is -2.13. The third kappa shape index (κ3) is 4.15. The van der Waals surface area contributed by atoms with Gasteiger partial charge in [0.1, 0.15) is 23.5 Å². The minimum Gasteiger partial charge on any atom is -0.492 e.